The molecule has 1 aromatic heterocycles. The highest BCUT2D eigenvalue weighted by Gasteiger charge is 2.28. The SMILES string of the molecule is CCC(CC)C(=O)N1CCN(CC(=O)c2cc(C)n(C(C)(C)C)c2C)CC1. The van der Waals surface area contributed by atoms with E-state index in [9.17, 15) is 9.59 Å². The average molecular weight is 376 g/mol. The van der Waals surface area contributed by atoms with Gasteiger partial charge in [-0.1, -0.05) is 13.8 Å². The maximum atomic E-state index is 12.9. The van der Waals surface area contributed by atoms with Gasteiger partial charge in [0.05, 0.1) is 6.54 Å². The van der Waals surface area contributed by atoms with E-state index in [-0.39, 0.29) is 23.1 Å². The maximum absolute atomic E-state index is 12.9. The summed E-state index contributed by atoms with van der Waals surface area (Å²) in [6.45, 7) is 18.2. The summed E-state index contributed by atoms with van der Waals surface area (Å²) in [7, 11) is 0. The summed E-state index contributed by atoms with van der Waals surface area (Å²) in [6, 6.07) is 2.02. The van der Waals surface area contributed by atoms with Gasteiger partial charge in [-0.15, -0.1) is 0 Å². The zero-order valence-corrected chi connectivity index (χ0v) is 18.3. The monoisotopic (exact) mass is 375 g/mol. The minimum absolute atomic E-state index is 0.0339. The molecule has 0 unspecified atom stereocenters. The van der Waals surface area contributed by atoms with Crippen LogP contribution in [0, 0.1) is 19.8 Å². The molecule has 5 nitrogen and oxygen atoms in total. The van der Waals surface area contributed by atoms with E-state index < -0.39 is 0 Å². The van der Waals surface area contributed by atoms with Gasteiger partial charge in [0.2, 0.25) is 5.91 Å². The second-order valence-electron chi connectivity index (χ2n) is 8.83. The third-order valence-corrected chi connectivity index (χ3v) is 5.79. The van der Waals surface area contributed by atoms with Crippen LogP contribution in [0.5, 0.6) is 0 Å². The van der Waals surface area contributed by atoms with E-state index in [0.29, 0.717) is 6.54 Å². The van der Waals surface area contributed by atoms with Crippen LogP contribution >= 0.6 is 0 Å². The first-order chi connectivity index (χ1) is 12.6. The quantitative estimate of drug-likeness (QED) is 0.714. The Balaban J connectivity index is 1.98. The largest absolute Gasteiger partial charge is 0.343 e. The highest BCUT2D eigenvalue weighted by molar-refractivity contribution is 5.99. The van der Waals surface area contributed by atoms with Crippen molar-refractivity contribution in [2.45, 2.75) is 66.8 Å². The highest BCUT2D eigenvalue weighted by atomic mass is 16.2. The Morgan fingerprint density at radius 2 is 1.59 bits per heavy atom. The highest BCUT2D eigenvalue weighted by Crippen LogP contribution is 2.25. The number of hydrogen-bond donors (Lipinski definition) is 0. The lowest BCUT2D eigenvalue weighted by Crippen LogP contribution is -2.51. The standard InChI is InChI=1S/C22H37N3O2/c1-8-18(9-2)21(27)24-12-10-23(11-13-24)15-20(26)19-14-16(3)25(17(19)4)22(5,6)7/h14,18H,8-13,15H2,1-7H3. The van der Waals surface area contributed by atoms with Crippen molar-refractivity contribution in [3.05, 3.63) is 23.0 Å². The molecule has 0 aromatic carbocycles. The van der Waals surface area contributed by atoms with Crippen molar-refractivity contribution >= 4 is 11.7 Å². The Bertz CT molecular complexity index is 672. The molecule has 27 heavy (non-hydrogen) atoms. The summed E-state index contributed by atoms with van der Waals surface area (Å²) < 4.78 is 2.24. The number of hydrogen-bond acceptors (Lipinski definition) is 3. The first-order valence-corrected chi connectivity index (χ1v) is 10.3. The molecule has 5 heteroatoms. The molecule has 1 aromatic rings. The molecule has 1 saturated heterocycles. The first-order valence-electron chi connectivity index (χ1n) is 10.3. The Kier molecular flexibility index (Phi) is 6.90. The molecular formula is C22H37N3O2. The van der Waals surface area contributed by atoms with Crippen LogP contribution in [-0.4, -0.2) is 58.8 Å². The molecule has 0 aliphatic carbocycles. The number of amides is 1. The van der Waals surface area contributed by atoms with Crippen LogP contribution in [0.3, 0.4) is 0 Å². The smallest absolute Gasteiger partial charge is 0.225 e. The van der Waals surface area contributed by atoms with E-state index in [1.807, 2.05) is 17.9 Å². The molecule has 0 saturated carbocycles. The van der Waals surface area contributed by atoms with Crippen molar-refractivity contribution in [1.82, 2.24) is 14.4 Å². The van der Waals surface area contributed by atoms with Crippen LogP contribution < -0.4 is 0 Å². The summed E-state index contributed by atoms with van der Waals surface area (Å²) in [4.78, 5) is 29.6. The van der Waals surface area contributed by atoms with Gasteiger partial charge in [-0.05, 0) is 53.5 Å². The van der Waals surface area contributed by atoms with Crippen LogP contribution in [0.2, 0.25) is 0 Å². The first kappa shape index (κ1) is 21.7. The number of rotatable bonds is 6. The van der Waals surface area contributed by atoms with Gasteiger partial charge in [0.1, 0.15) is 0 Å². The zero-order chi connectivity index (χ0) is 20.4. The number of carbonyl (C=O) groups excluding carboxylic acids is 2. The normalized spacial score (nSPS) is 16.2. The molecule has 2 rings (SSSR count). The van der Waals surface area contributed by atoms with Crippen LogP contribution in [0.15, 0.2) is 6.07 Å². The van der Waals surface area contributed by atoms with Gasteiger partial charge in [-0.3, -0.25) is 14.5 Å². The Morgan fingerprint density at radius 3 is 2.04 bits per heavy atom. The Hall–Kier alpha value is -1.62. The number of piperazine rings is 1. The fourth-order valence-electron chi connectivity index (χ4n) is 4.39. The molecule has 2 heterocycles. The molecule has 152 valence electrons. The number of aryl methyl sites for hydroxylation is 1. The second-order valence-corrected chi connectivity index (χ2v) is 8.83. The van der Waals surface area contributed by atoms with Crippen LogP contribution in [0.25, 0.3) is 0 Å². The number of nitrogens with zero attached hydrogens (tertiary/aromatic N) is 3. The van der Waals surface area contributed by atoms with Gasteiger partial charge in [0, 0.05) is 54.6 Å². The van der Waals surface area contributed by atoms with E-state index in [1.54, 1.807) is 0 Å². The predicted molar refractivity (Wildman–Crippen MR) is 110 cm³/mol. The molecule has 0 bridgehead atoms. The molecule has 1 aliphatic rings. The number of carbonyl (C=O) groups is 2. The predicted octanol–water partition coefficient (Wildman–Crippen LogP) is 3.62. The molecule has 0 atom stereocenters. The molecular weight excluding hydrogens is 338 g/mol. The lowest BCUT2D eigenvalue weighted by Gasteiger charge is -2.36. The van der Waals surface area contributed by atoms with Gasteiger partial charge in [0.15, 0.2) is 5.78 Å². The number of aromatic nitrogens is 1. The minimum Gasteiger partial charge on any atom is -0.343 e. The average Bonchev–Trinajstić information content (AvgIpc) is 2.91. The van der Waals surface area contributed by atoms with E-state index >= 15 is 0 Å². The van der Waals surface area contributed by atoms with E-state index in [4.69, 9.17) is 0 Å². The van der Waals surface area contributed by atoms with Crippen LogP contribution in [0.4, 0.5) is 0 Å². The summed E-state index contributed by atoms with van der Waals surface area (Å²) >= 11 is 0. The van der Waals surface area contributed by atoms with Crippen molar-refractivity contribution in [3.63, 3.8) is 0 Å². The third kappa shape index (κ3) is 4.81. The van der Waals surface area contributed by atoms with Gasteiger partial charge < -0.3 is 9.47 Å². The van der Waals surface area contributed by atoms with E-state index in [2.05, 4.69) is 51.0 Å². The minimum atomic E-state index is -0.0339. The molecule has 0 N–H and O–H groups in total. The Morgan fingerprint density at radius 1 is 1.04 bits per heavy atom. The summed E-state index contributed by atoms with van der Waals surface area (Å²) in [5, 5.41) is 0. The molecule has 1 aliphatic heterocycles. The lowest BCUT2D eigenvalue weighted by molar-refractivity contribution is -0.137. The van der Waals surface area contributed by atoms with Gasteiger partial charge >= 0.3 is 0 Å². The number of Topliss-reactive ketones (excluding diaryl/α,β-unsaturated/α-hetero) is 1. The summed E-state index contributed by atoms with van der Waals surface area (Å²) in [6.07, 6.45) is 1.80. The van der Waals surface area contributed by atoms with Crippen LogP contribution in [0.1, 0.15) is 69.2 Å². The fraction of sp³-hybridized carbons (Fsp3) is 0.727. The van der Waals surface area contributed by atoms with Crippen LogP contribution in [-0.2, 0) is 10.3 Å². The molecule has 1 amide bonds. The summed E-state index contributed by atoms with van der Waals surface area (Å²) in [5.41, 5.74) is 2.97. The lowest BCUT2D eigenvalue weighted by atomic mass is 10.0. The molecule has 1 fully saturated rings. The number of ketones is 1. The fourth-order valence-corrected chi connectivity index (χ4v) is 4.39. The van der Waals surface area contributed by atoms with Crippen molar-refractivity contribution in [2.75, 3.05) is 32.7 Å². The van der Waals surface area contributed by atoms with Gasteiger partial charge in [-0.25, -0.2) is 0 Å². The molecule has 0 radical (unpaired) electrons. The topological polar surface area (TPSA) is 45.6 Å². The van der Waals surface area contributed by atoms with Crippen molar-refractivity contribution in [2.24, 2.45) is 5.92 Å². The van der Waals surface area contributed by atoms with E-state index in [1.165, 1.54) is 0 Å². The second kappa shape index (κ2) is 8.59. The van der Waals surface area contributed by atoms with Gasteiger partial charge in [-0.2, -0.15) is 0 Å². The zero-order valence-electron chi connectivity index (χ0n) is 18.3. The maximum Gasteiger partial charge on any atom is 0.225 e. The summed E-state index contributed by atoms with van der Waals surface area (Å²) in [5.74, 6) is 0.596. The van der Waals surface area contributed by atoms with E-state index in [0.717, 1.165) is 56.0 Å². The molecule has 0 spiro atoms. The van der Waals surface area contributed by atoms with Crippen molar-refractivity contribution < 1.29 is 9.59 Å². The van der Waals surface area contributed by atoms with Crippen molar-refractivity contribution in [1.29, 1.82) is 0 Å². The Labute approximate surface area is 164 Å². The van der Waals surface area contributed by atoms with Crippen molar-refractivity contribution in [3.8, 4) is 0 Å². The van der Waals surface area contributed by atoms with Gasteiger partial charge in [0.25, 0.3) is 0 Å². The third-order valence-electron chi connectivity index (χ3n) is 5.79.